The number of ether oxygens (including phenoxy) is 15. The molecule has 146 heavy (non-hydrogen) atoms. The third-order valence-electron chi connectivity index (χ3n) is 27.0. The number of fused-ring (bicyclic) bond motifs is 14. The number of nitrogens with two attached hydrogens (primary N) is 2. The van der Waals surface area contributed by atoms with E-state index < -0.39 is 392 Å². The number of phenols is 4. The van der Waals surface area contributed by atoms with Crippen molar-refractivity contribution in [1.29, 1.82) is 0 Å². The Kier molecular flexibility index (Phi) is 31.0. The Morgan fingerprint density at radius 1 is 0.404 bits per heavy atom. The third-order valence-corrected chi connectivity index (χ3v) is 27.0. The predicted octanol–water partition coefficient (Wildman–Crippen LogP) is -6.59. The lowest BCUT2D eigenvalue weighted by Gasteiger charge is -2.47. The SMILES string of the molecule is Cc1c(O)cc2cc1Oc1cc(ccc1O)C(N)C(=O)NC1C(=O)NC2C(=O)NC2C(=O)NC3C(=O)NC(C(=O)NC(C(=O)O)c4cc(O)cc(OC5OC(CO)C(O)C(O)C5O)c4-c4cc3ccc4O)C(OC3CC(N)C(O)C(C)O3)c3ccc(cc3)Oc3cc2cc(c3OC2OC(COC3OC(C)C(O)C(O)C3O)C(O)C(O)C2OC2OC(CO)C(O)C(O)C2OC2OC(CO)C(O)C2O)Oc2ccc(cc2)C1O. The zero-order valence-electron chi connectivity index (χ0n) is 76.9. The van der Waals surface area contributed by atoms with Gasteiger partial charge in [-0.25, -0.2) is 4.79 Å². The molecule has 37 atom stereocenters. The van der Waals surface area contributed by atoms with Crippen LogP contribution in [0.5, 0.6) is 69.0 Å². The number of carboxylic acid groups (broad SMARTS) is 1. The summed E-state index contributed by atoms with van der Waals surface area (Å²) in [6.07, 6.45) is -58.5. The first-order chi connectivity index (χ1) is 69.5. The summed E-state index contributed by atoms with van der Waals surface area (Å²) in [6, 6.07) is 3.38. The predicted molar refractivity (Wildman–Crippen MR) is 479 cm³/mol. The summed E-state index contributed by atoms with van der Waals surface area (Å²) in [5.41, 5.74) is 8.78. The molecule has 0 aromatic heterocycles. The molecular weight excluding hydrogens is 1950 g/mol. The second-order valence-corrected chi connectivity index (χ2v) is 36.7. The number of carboxylic acids is 1. The van der Waals surface area contributed by atoms with Crippen molar-refractivity contribution in [3.63, 3.8) is 0 Å². The zero-order valence-corrected chi connectivity index (χ0v) is 76.9. The maximum absolute atomic E-state index is 17.2. The van der Waals surface area contributed by atoms with E-state index in [1.807, 2.05) is 0 Å². The van der Waals surface area contributed by atoms with E-state index in [-0.39, 0.29) is 33.8 Å². The summed E-state index contributed by atoms with van der Waals surface area (Å²) < 4.78 is 94.2. The quantitative estimate of drug-likeness (QED) is 0.0403. The highest BCUT2D eigenvalue weighted by molar-refractivity contribution is 6.00. The lowest BCUT2D eigenvalue weighted by Crippen LogP contribution is -2.66. The maximum Gasteiger partial charge on any atom is 0.330 e. The highest BCUT2D eigenvalue weighted by Gasteiger charge is 2.58. The van der Waals surface area contributed by atoms with Crippen molar-refractivity contribution in [2.24, 2.45) is 11.5 Å². The van der Waals surface area contributed by atoms with Crippen molar-refractivity contribution in [3.8, 4) is 80.1 Å². The minimum Gasteiger partial charge on any atom is -0.508 e. The zero-order chi connectivity index (χ0) is 105. The number of carbonyl (C=O) groups excluding carboxylic acids is 6. The summed E-state index contributed by atoms with van der Waals surface area (Å²) in [4.78, 5) is 112. The van der Waals surface area contributed by atoms with E-state index in [0.29, 0.717) is 0 Å². The normalized spacial score (nSPS) is 36.3. The lowest BCUT2D eigenvalue weighted by atomic mass is 9.89. The van der Waals surface area contributed by atoms with Crippen molar-refractivity contribution in [2.75, 3.05) is 26.4 Å². The number of hydrogen-bond donors (Lipinski definition) is 30. The molecule has 32 N–H and O–H groups in total. The van der Waals surface area contributed by atoms with E-state index in [9.17, 15) is 122 Å². The van der Waals surface area contributed by atoms with Gasteiger partial charge in [0, 0.05) is 40.8 Å². The van der Waals surface area contributed by atoms with Gasteiger partial charge in [0.1, 0.15) is 192 Å². The van der Waals surface area contributed by atoms with E-state index in [1.165, 1.54) is 39.0 Å². The van der Waals surface area contributed by atoms with Gasteiger partial charge in [0.15, 0.2) is 60.3 Å². The Morgan fingerprint density at radius 2 is 0.890 bits per heavy atom. The van der Waals surface area contributed by atoms with Gasteiger partial charge in [0.05, 0.1) is 44.7 Å². The molecule has 0 saturated carbocycles. The van der Waals surface area contributed by atoms with Crippen LogP contribution in [0.1, 0.15) is 107 Å². The third kappa shape index (κ3) is 20.9. The molecule has 19 rings (SSSR count). The van der Waals surface area contributed by atoms with E-state index in [0.717, 1.165) is 103 Å². The van der Waals surface area contributed by atoms with Gasteiger partial charge < -0.3 is 227 Å². The number of hydrogen-bond acceptors (Lipinski definition) is 45. The van der Waals surface area contributed by atoms with E-state index >= 15 is 24.0 Å². The van der Waals surface area contributed by atoms with Crippen LogP contribution in [0.3, 0.4) is 0 Å². The first kappa shape index (κ1) is 105. The summed E-state index contributed by atoms with van der Waals surface area (Å²) in [5, 5.41) is 267. The highest BCUT2D eigenvalue weighted by atomic mass is 16.8. The number of rotatable bonds is 17. The fourth-order valence-corrected chi connectivity index (χ4v) is 18.6. The standard InChI is InChI=1S/C94H108N8O44/c1-29-46(109)17-36-19-47(29)137-48-18-34(8-15-45(48)108)58(96)83(124)101-63-67(112)32-4-10-39(11-5-32)135-50-20-37-21-51(80(50)144-94-82(75(120)71(116)55(142-94)28-132-90-77(122)72(117)66(111)31(3)134-90)146-93-81(74(119)69(114)53(26-104)141-93)145-92-76(121)70(115)54(27-105)140-92)136-40-12-6-33(7-13-40)79(143-56-24-43(95)65(110)30(2)133-56)64-88(129)100-62(89(130)131)42-22-38(106)23-49(138-91-78(123)73(118)68(113)52(25-103)139-91)57(42)41-16-35(9-14-44(41)107)59(84(125)102-64)97-86(127)61(37)98-85(126)60(36)99-87(63)128/h4-23,30-31,43,52-56,58-79,81-82,90-94,103-123H,24-28,95-96H2,1-3H3,(H,97,127)(H,98,126)(H,99,128)(H,100,129)(H,101,124)(H,102,125)(H,130,131). The van der Waals surface area contributed by atoms with Crippen molar-refractivity contribution in [3.05, 3.63) is 166 Å². The molecule has 52 heteroatoms. The average molecular weight is 2050 g/mol. The Hall–Kier alpha value is -12.1. The number of aliphatic hydroxyl groups is 17. The van der Waals surface area contributed by atoms with Crippen molar-refractivity contribution in [1.82, 2.24) is 31.9 Å². The molecule has 52 nitrogen and oxygen atoms in total. The molecule has 6 fully saturated rings. The first-order valence-electron chi connectivity index (χ1n) is 46.0. The smallest absolute Gasteiger partial charge is 0.330 e. The van der Waals surface area contributed by atoms with E-state index in [1.54, 1.807) is 0 Å². The van der Waals surface area contributed by atoms with Gasteiger partial charge in [-0.15, -0.1) is 0 Å². The van der Waals surface area contributed by atoms with E-state index in [4.69, 9.17) is 82.5 Å². The van der Waals surface area contributed by atoms with Crippen molar-refractivity contribution >= 4 is 41.4 Å². The average Bonchev–Trinajstić information content (AvgIpc) is 0.849. The molecule has 17 bridgehead atoms. The first-order valence-corrected chi connectivity index (χ1v) is 46.0. The number of benzene rings is 7. The van der Waals surface area contributed by atoms with Gasteiger partial charge in [0.2, 0.25) is 53.8 Å². The topological polar surface area (TPSA) is 827 Å². The second-order valence-electron chi connectivity index (χ2n) is 36.7. The Bertz CT molecular complexity index is 5990. The van der Waals surface area contributed by atoms with Gasteiger partial charge >= 0.3 is 5.97 Å². The minimum atomic E-state index is -2.62. The second kappa shape index (κ2) is 43.0. The van der Waals surface area contributed by atoms with Crippen molar-refractivity contribution < 1.29 is 217 Å². The van der Waals surface area contributed by atoms with Crippen LogP contribution in [0.15, 0.2) is 121 Å². The molecule has 37 unspecified atom stereocenters. The molecular formula is C94H108N8O44. The number of phenolic OH excluding ortho intramolecular Hbond substituents is 4. The number of nitrogens with one attached hydrogen (secondary N) is 6. The lowest BCUT2D eigenvalue weighted by molar-refractivity contribution is -0.377. The van der Waals surface area contributed by atoms with Gasteiger partial charge in [0.25, 0.3) is 0 Å². The summed E-state index contributed by atoms with van der Waals surface area (Å²) in [6.45, 7) is -0.116. The molecule has 0 spiro atoms. The molecule has 7 aromatic carbocycles. The van der Waals surface area contributed by atoms with Gasteiger partial charge in [-0.3, -0.25) is 28.8 Å². The van der Waals surface area contributed by atoms with Gasteiger partial charge in [-0.05, 0) is 133 Å². The molecule has 0 aliphatic carbocycles. The molecule has 6 amide bonds. The number of carbonyl (C=O) groups is 7. The molecule has 6 saturated heterocycles. The monoisotopic (exact) mass is 2050 g/mol. The number of aromatic hydroxyl groups is 4. The molecule has 0 radical (unpaired) electrons. The molecule has 12 aliphatic rings. The largest absolute Gasteiger partial charge is 0.508 e. The summed E-state index contributed by atoms with van der Waals surface area (Å²) in [5.74, 6) is -18.8. The molecule has 12 aliphatic heterocycles. The van der Waals surface area contributed by atoms with Crippen LogP contribution in [-0.2, 0) is 80.9 Å². The number of amides is 6. The fraction of sp³-hybridized carbons (Fsp3) is 0.479. The molecule has 788 valence electrons. The van der Waals surface area contributed by atoms with Crippen LogP contribution in [0, 0.1) is 6.92 Å². The fourth-order valence-electron chi connectivity index (χ4n) is 18.6. The summed E-state index contributed by atoms with van der Waals surface area (Å²) >= 11 is 0. The van der Waals surface area contributed by atoms with Crippen LogP contribution < -0.4 is 67.1 Å². The van der Waals surface area contributed by atoms with Crippen LogP contribution in [0.2, 0.25) is 0 Å². The van der Waals surface area contributed by atoms with Crippen LogP contribution in [0.25, 0.3) is 11.1 Å². The van der Waals surface area contributed by atoms with Crippen molar-refractivity contribution in [2.45, 2.75) is 254 Å². The molecule has 12 heterocycles. The Morgan fingerprint density at radius 3 is 1.52 bits per heavy atom. The van der Waals surface area contributed by atoms with Gasteiger partial charge in [-0.2, -0.15) is 0 Å². The Labute approximate surface area is 824 Å². The van der Waals surface area contributed by atoms with Crippen LogP contribution >= 0.6 is 0 Å². The Balaban J connectivity index is 0.905. The van der Waals surface area contributed by atoms with Crippen LogP contribution in [-0.4, -0.2) is 364 Å². The minimum absolute atomic E-state index is 0.0718. The number of aliphatic hydroxyl groups excluding tert-OH is 17. The van der Waals surface area contributed by atoms with Crippen LogP contribution in [0.4, 0.5) is 0 Å². The highest BCUT2D eigenvalue weighted by Crippen LogP contribution is 2.51. The van der Waals surface area contributed by atoms with Gasteiger partial charge in [-0.1, -0.05) is 36.4 Å². The maximum atomic E-state index is 17.2. The summed E-state index contributed by atoms with van der Waals surface area (Å²) in [7, 11) is 0. The number of aliphatic carboxylic acids is 1. The molecule has 7 aromatic rings. The van der Waals surface area contributed by atoms with E-state index in [2.05, 4.69) is 31.9 Å².